The monoisotopic (exact) mass is 321 g/mol. The van der Waals surface area contributed by atoms with Gasteiger partial charge in [0, 0.05) is 20.1 Å². The predicted octanol–water partition coefficient (Wildman–Crippen LogP) is 0.733. The van der Waals surface area contributed by atoms with Crippen molar-refractivity contribution in [2.45, 2.75) is 12.6 Å². The van der Waals surface area contributed by atoms with E-state index in [0.717, 1.165) is 10.5 Å². The summed E-state index contributed by atoms with van der Waals surface area (Å²) in [6.07, 6.45) is -1.75. The molecule has 0 spiro atoms. The second-order valence-electron chi connectivity index (χ2n) is 5.09. The number of benzene rings is 1. The number of hydrogen-bond acceptors (Lipinski definition) is 4. The number of carbonyl (C=O) groups excluding carboxylic acids is 2. The molecule has 0 aromatic heterocycles. The molecule has 0 radical (unpaired) electrons. The Balaban J connectivity index is 2.01. The maximum Gasteiger partial charge on any atom is 0.410 e. The van der Waals surface area contributed by atoms with Crippen LogP contribution in [-0.2, 0) is 16.1 Å². The number of nitrogens with one attached hydrogen (secondary N) is 1. The summed E-state index contributed by atoms with van der Waals surface area (Å²) < 4.78 is 5.23. The third-order valence-electron chi connectivity index (χ3n) is 3.64. The van der Waals surface area contributed by atoms with Gasteiger partial charge in [-0.05, 0) is 5.56 Å². The highest BCUT2D eigenvalue weighted by Gasteiger charge is 2.37. The molecule has 8 heteroatoms. The first-order valence-electron chi connectivity index (χ1n) is 7.19. The Labute approximate surface area is 133 Å². The Hall–Kier alpha value is -2.77. The smallest absolute Gasteiger partial charge is 0.410 e. The maximum atomic E-state index is 12.2. The largest absolute Gasteiger partial charge is 0.465 e. The molecule has 0 bridgehead atoms. The van der Waals surface area contributed by atoms with E-state index in [4.69, 9.17) is 9.84 Å². The van der Waals surface area contributed by atoms with Crippen LogP contribution in [0, 0.1) is 0 Å². The molecule has 124 valence electrons. The summed E-state index contributed by atoms with van der Waals surface area (Å²) in [6.45, 7) is 0.274. The van der Waals surface area contributed by atoms with Crippen LogP contribution in [0.5, 0.6) is 0 Å². The maximum absolute atomic E-state index is 12.2. The highest BCUT2D eigenvalue weighted by atomic mass is 16.6. The molecular weight excluding hydrogens is 302 g/mol. The first-order valence-corrected chi connectivity index (χ1v) is 7.19. The Bertz CT molecular complexity index is 578. The van der Waals surface area contributed by atoms with Gasteiger partial charge in [-0.25, -0.2) is 9.59 Å². The zero-order chi connectivity index (χ0) is 16.8. The van der Waals surface area contributed by atoms with Crippen LogP contribution in [0.3, 0.4) is 0 Å². The third-order valence-corrected chi connectivity index (χ3v) is 3.64. The van der Waals surface area contributed by atoms with E-state index in [9.17, 15) is 14.4 Å². The van der Waals surface area contributed by atoms with Gasteiger partial charge in [-0.3, -0.25) is 9.69 Å². The van der Waals surface area contributed by atoms with Crippen LogP contribution in [0.25, 0.3) is 0 Å². The highest BCUT2D eigenvalue weighted by molar-refractivity contribution is 5.86. The van der Waals surface area contributed by atoms with Gasteiger partial charge in [0.15, 0.2) is 0 Å². The minimum Gasteiger partial charge on any atom is -0.465 e. The number of carboxylic acid groups (broad SMARTS) is 1. The summed E-state index contributed by atoms with van der Waals surface area (Å²) in [4.78, 5) is 37.6. The van der Waals surface area contributed by atoms with E-state index in [1.54, 1.807) is 0 Å². The van der Waals surface area contributed by atoms with Crippen molar-refractivity contribution in [2.75, 3.05) is 26.7 Å². The van der Waals surface area contributed by atoms with Crippen molar-refractivity contribution in [3.63, 3.8) is 0 Å². The molecule has 0 saturated carbocycles. The number of nitrogens with zero attached hydrogens (tertiary/aromatic N) is 2. The summed E-state index contributed by atoms with van der Waals surface area (Å²) in [5, 5.41) is 11.5. The number of hydrogen-bond donors (Lipinski definition) is 2. The molecule has 1 unspecified atom stereocenters. The van der Waals surface area contributed by atoms with E-state index in [-0.39, 0.29) is 26.2 Å². The Morgan fingerprint density at radius 1 is 1.26 bits per heavy atom. The lowest BCUT2D eigenvalue weighted by Gasteiger charge is -2.38. The molecule has 1 saturated heterocycles. The average molecular weight is 321 g/mol. The van der Waals surface area contributed by atoms with E-state index in [0.29, 0.717) is 0 Å². The SMILES string of the molecule is CNC(=O)C1CN(C(=O)O)CCN1C(=O)OCc1ccccc1. The number of rotatable bonds is 3. The fourth-order valence-corrected chi connectivity index (χ4v) is 2.37. The molecule has 1 aliphatic rings. The van der Waals surface area contributed by atoms with Gasteiger partial charge in [0.1, 0.15) is 12.6 Å². The van der Waals surface area contributed by atoms with Crippen LogP contribution >= 0.6 is 0 Å². The van der Waals surface area contributed by atoms with Crippen molar-refractivity contribution < 1.29 is 24.2 Å². The van der Waals surface area contributed by atoms with Crippen LogP contribution in [-0.4, -0.2) is 65.7 Å². The molecule has 1 aliphatic heterocycles. The van der Waals surface area contributed by atoms with Gasteiger partial charge >= 0.3 is 12.2 Å². The molecule has 3 amide bonds. The van der Waals surface area contributed by atoms with Crippen LogP contribution < -0.4 is 5.32 Å². The lowest BCUT2D eigenvalue weighted by Crippen LogP contribution is -2.61. The predicted molar refractivity (Wildman–Crippen MR) is 80.8 cm³/mol. The van der Waals surface area contributed by atoms with Crippen molar-refractivity contribution in [3.8, 4) is 0 Å². The first-order chi connectivity index (χ1) is 11.0. The number of amides is 3. The van der Waals surface area contributed by atoms with Crippen molar-refractivity contribution in [2.24, 2.45) is 0 Å². The molecule has 1 fully saturated rings. The zero-order valence-electron chi connectivity index (χ0n) is 12.8. The van der Waals surface area contributed by atoms with E-state index in [2.05, 4.69) is 5.32 Å². The van der Waals surface area contributed by atoms with Gasteiger partial charge in [0.05, 0.1) is 6.54 Å². The lowest BCUT2D eigenvalue weighted by atomic mass is 10.1. The van der Waals surface area contributed by atoms with Crippen LogP contribution in [0.15, 0.2) is 30.3 Å². The van der Waals surface area contributed by atoms with Crippen LogP contribution in [0.2, 0.25) is 0 Å². The molecule has 23 heavy (non-hydrogen) atoms. The zero-order valence-corrected chi connectivity index (χ0v) is 12.8. The summed E-state index contributed by atoms with van der Waals surface area (Å²) in [5.74, 6) is -0.424. The van der Waals surface area contributed by atoms with E-state index >= 15 is 0 Å². The molecule has 8 nitrogen and oxygen atoms in total. The van der Waals surface area contributed by atoms with Gasteiger partial charge in [-0.2, -0.15) is 0 Å². The molecule has 1 aromatic rings. The molecule has 1 heterocycles. The summed E-state index contributed by atoms with van der Waals surface area (Å²) in [6, 6.07) is 8.29. The molecule has 0 aliphatic carbocycles. The lowest BCUT2D eigenvalue weighted by molar-refractivity contribution is -0.127. The van der Waals surface area contributed by atoms with Crippen molar-refractivity contribution in [1.29, 1.82) is 0 Å². The number of likely N-dealkylation sites (N-methyl/N-ethyl adjacent to an activating group) is 1. The molecule has 2 rings (SSSR count). The van der Waals surface area contributed by atoms with Crippen LogP contribution in [0.4, 0.5) is 9.59 Å². The van der Waals surface area contributed by atoms with Gasteiger partial charge in [-0.1, -0.05) is 30.3 Å². The minimum absolute atomic E-state index is 0.0740. The van der Waals surface area contributed by atoms with Crippen molar-refractivity contribution in [3.05, 3.63) is 35.9 Å². The summed E-state index contributed by atoms with van der Waals surface area (Å²) >= 11 is 0. The fourth-order valence-electron chi connectivity index (χ4n) is 2.37. The number of ether oxygens (including phenoxy) is 1. The number of carbonyl (C=O) groups is 3. The minimum atomic E-state index is -1.11. The first kappa shape index (κ1) is 16.6. The standard InChI is InChI=1S/C15H19N3O5/c1-16-13(19)12-9-17(14(20)21)7-8-18(12)15(22)23-10-11-5-3-2-4-6-11/h2-6,12H,7-10H2,1H3,(H,16,19)(H,20,21). The summed E-state index contributed by atoms with van der Waals surface area (Å²) in [5.41, 5.74) is 0.835. The summed E-state index contributed by atoms with van der Waals surface area (Å²) in [7, 11) is 1.44. The third kappa shape index (κ3) is 4.12. The van der Waals surface area contributed by atoms with Crippen molar-refractivity contribution >= 4 is 18.1 Å². The van der Waals surface area contributed by atoms with Gasteiger partial charge in [0.25, 0.3) is 0 Å². The van der Waals surface area contributed by atoms with E-state index < -0.39 is 24.1 Å². The molecule has 2 N–H and O–H groups in total. The Morgan fingerprint density at radius 2 is 1.96 bits per heavy atom. The molecular formula is C15H19N3O5. The topological polar surface area (TPSA) is 99.2 Å². The average Bonchev–Trinajstić information content (AvgIpc) is 2.59. The second kappa shape index (κ2) is 7.48. The van der Waals surface area contributed by atoms with Gasteiger partial charge < -0.3 is 20.1 Å². The highest BCUT2D eigenvalue weighted by Crippen LogP contribution is 2.13. The Kier molecular flexibility index (Phi) is 5.40. The van der Waals surface area contributed by atoms with Gasteiger partial charge in [-0.15, -0.1) is 0 Å². The van der Waals surface area contributed by atoms with Gasteiger partial charge in [0.2, 0.25) is 5.91 Å². The van der Waals surface area contributed by atoms with E-state index in [1.807, 2.05) is 30.3 Å². The Morgan fingerprint density at radius 3 is 2.57 bits per heavy atom. The van der Waals surface area contributed by atoms with Crippen molar-refractivity contribution in [1.82, 2.24) is 15.1 Å². The molecule has 1 atom stereocenters. The van der Waals surface area contributed by atoms with Crippen LogP contribution in [0.1, 0.15) is 5.56 Å². The second-order valence-corrected chi connectivity index (χ2v) is 5.09. The normalized spacial score (nSPS) is 17.5. The fraction of sp³-hybridized carbons (Fsp3) is 0.400. The quantitative estimate of drug-likeness (QED) is 0.855. The van der Waals surface area contributed by atoms with E-state index in [1.165, 1.54) is 11.9 Å². The number of piperazine rings is 1. The molecule has 1 aromatic carbocycles.